The summed E-state index contributed by atoms with van der Waals surface area (Å²) in [5.74, 6) is 1.51. The molecule has 4 aromatic rings. The molecular formula is C16H13N5OS2. The van der Waals surface area contributed by atoms with Crippen molar-refractivity contribution in [1.29, 1.82) is 0 Å². The molecule has 0 aliphatic heterocycles. The predicted molar refractivity (Wildman–Crippen MR) is 92.7 cm³/mol. The maximum Gasteiger partial charge on any atom is 0.210 e. The van der Waals surface area contributed by atoms with Gasteiger partial charge in [-0.15, -0.1) is 16.4 Å². The zero-order valence-electron chi connectivity index (χ0n) is 12.6. The summed E-state index contributed by atoms with van der Waals surface area (Å²) in [6.45, 7) is 0.658. The molecule has 0 radical (unpaired) electrons. The Morgan fingerprint density at radius 2 is 2.04 bits per heavy atom. The van der Waals surface area contributed by atoms with Crippen LogP contribution in [0.25, 0.3) is 10.8 Å². The predicted octanol–water partition coefficient (Wildman–Crippen LogP) is 3.73. The Kier molecular flexibility index (Phi) is 4.39. The molecule has 0 aliphatic rings. The third kappa shape index (κ3) is 3.39. The molecule has 0 fully saturated rings. The van der Waals surface area contributed by atoms with Crippen LogP contribution in [0, 0.1) is 0 Å². The molecule has 0 atom stereocenters. The van der Waals surface area contributed by atoms with E-state index in [1.54, 1.807) is 34.0 Å². The second kappa shape index (κ2) is 6.98. The van der Waals surface area contributed by atoms with E-state index >= 15 is 0 Å². The molecule has 0 saturated carbocycles. The van der Waals surface area contributed by atoms with Gasteiger partial charge >= 0.3 is 0 Å². The summed E-state index contributed by atoms with van der Waals surface area (Å²) in [7, 11) is 0. The number of aromatic nitrogens is 5. The van der Waals surface area contributed by atoms with Crippen LogP contribution in [0.15, 0.2) is 63.7 Å². The van der Waals surface area contributed by atoms with Gasteiger partial charge in [-0.1, -0.05) is 42.1 Å². The lowest BCUT2D eigenvalue weighted by Gasteiger charge is -2.03. The van der Waals surface area contributed by atoms with Crippen LogP contribution in [0.5, 0.6) is 0 Å². The standard InChI is InChI=1S/C16H13N5OS2/c1-2-5-12(6-3-1)9-21-16(18-19-20-21)24-11-13-10-23-15(17-13)14-7-4-8-22-14/h1-8,10H,9,11H2. The second-order valence-corrected chi connectivity index (χ2v) is 6.82. The van der Waals surface area contributed by atoms with Crippen LogP contribution in [0.4, 0.5) is 0 Å². The molecule has 0 aliphatic carbocycles. The van der Waals surface area contributed by atoms with Crippen molar-refractivity contribution in [3.63, 3.8) is 0 Å². The van der Waals surface area contributed by atoms with Crippen molar-refractivity contribution in [2.24, 2.45) is 0 Å². The molecule has 0 unspecified atom stereocenters. The van der Waals surface area contributed by atoms with Gasteiger partial charge in [0.2, 0.25) is 5.16 Å². The Bertz CT molecular complexity index is 902. The van der Waals surface area contributed by atoms with E-state index in [2.05, 4.69) is 32.6 Å². The van der Waals surface area contributed by atoms with E-state index in [9.17, 15) is 0 Å². The van der Waals surface area contributed by atoms with Crippen molar-refractivity contribution in [1.82, 2.24) is 25.2 Å². The number of nitrogens with zero attached hydrogens (tertiary/aromatic N) is 5. The molecule has 0 saturated heterocycles. The van der Waals surface area contributed by atoms with Gasteiger partial charge in [-0.2, -0.15) is 0 Å². The highest BCUT2D eigenvalue weighted by Gasteiger charge is 2.11. The highest BCUT2D eigenvalue weighted by molar-refractivity contribution is 7.98. The molecular weight excluding hydrogens is 342 g/mol. The van der Waals surface area contributed by atoms with Gasteiger partial charge in [0.1, 0.15) is 0 Å². The summed E-state index contributed by atoms with van der Waals surface area (Å²) in [4.78, 5) is 4.59. The molecule has 6 nitrogen and oxygen atoms in total. The largest absolute Gasteiger partial charge is 0.462 e. The van der Waals surface area contributed by atoms with E-state index < -0.39 is 0 Å². The number of thiazole rings is 1. The quantitative estimate of drug-likeness (QED) is 0.491. The lowest BCUT2D eigenvalue weighted by atomic mass is 10.2. The van der Waals surface area contributed by atoms with Gasteiger partial charge in [0.05, 0.1) is 18.5 Å². The Hall–Kier alpha value is -2.45. The molecule has 3 heterocycles. The monoisotopic (exact) mass is 355 g/mol. The molecule has 3 aromatic heterocycles. The van der Waals surface area contributed by atoms with E-state index in [1.807, 2.05) is 35.7 Å². The van der Waals surface area contributed by atoms with Gasteiger partial charge < -0.3 is 4.42 Å². The van der Waals surface area contributed by atoms with Gasteiger partial charge in [0, 0.05) is 11.1 Å². The number of hydrogen-bond donors (Lipinski definition) is 0. The topological polar surface area (TPSA) is 69.6 Å². The van der Waals surface area contributed by atoms with Crippen LogP contribution >= 0.6 is 23.1 Å². The summed E-state index contributed by atoms with van der Waals surface area (Å²) in [6, 6.07) is 13.9. The van der Waals surface area contributed by atoms with Gasteiger partial charge in [-0.3, -0.25) is 0 Å². The zero-order valence-corrected chi connectivity index (χ0v) is 14.2. The number of tetrazole rings is 1. The van der Waals surface area contributed by atoms with E-state index in [1.165, 1.54) is 5.56 Å². The third-order valence-electron chi connectivity index (χ3n) is 3.31. The SMILES string of the molecule is c1ccc(Cn2nnnc2SCc2csc(-c3ccco3)n2)cc1. The fourth-order valence-electron chi connectivity index (χ4n) is 2.18. The fourth-order valence-corrected chi connectivity index (χ4v) is 3.84. The van der Waals surface area contributed by atoms with Gasteiger partial charge in [0.25, 0.3) is 0 Å². The number of rotatable bonds is 6. The van der Waals surface area contributed by atoms with E-state index in [0.717, 1.165) is 21.6 Å². The molecule has 0 bridgehead atoms. The van der Waals surface area contributed by atoms with Crippen molar-refractivity contribution in [2.45, 2.75) is 17.5 Å². The van der Waals surface area contributed by atoms with E-state index in [-0.39, 0.29) is 0 Å². The number of thioether (sulfide) groups is 1. The first-order valence-electron chi connectivity index (χ1n) is 7.29. The molecule has 0 spiro atoms. The molecule has 1 aromatic carbocycles. The average Bonchev–Trinajstić information content (AvgIpc) is 3.36. The van der Waals surface area contributed by atoms with Crippen molar-refractivity contribution in [3.05, 3.63) is 65.4 Å². The summed E-state index contributed by atoms with van der Waals surface area (Å²) in [5, 5.41) is 15.7. The first-order chi connectivity index (χ1) is 11.9. The smallest absolute Gasteiger partial charge is 0.210 e. The minimum atomic E-state index is 0.658. The minimum Gasteiger partial charge on any atom is -0.462 e. The molecule has 8 heteroatoms. The Balaban J connectivity index is 1.43. The Morgan fingerprint density at radius 1 is 1.12 bits per heavy atom. The highest BCUT2D eigenvalue weighted by atomic mass is 32.2. The highest BCUT2D eigenvalue weighted by Crippen LogP contribution is 2.27. The van der Waals surface area contributed by atoms with Crippen LogP contribution in [0.3, 0.4) is 0 Å². The number of benzene rings is 1. The van der Waals surface area contributed by atoms with Crippen LogP contribution in [-0.2, 0) is 12.3 Å². The lowest BCUT2D eigenvalue weighted by molar-refractivity contribution is 0.581. The van der Waals surface area contributed by atoms with Gasteiger partial charge in [-0.05, 0) is 28.1 Å². The van der Waals surface area contributed by atoms with Crippen LogP contribution in [0.2, 0.25) is 0 Å². The minimum absolute atomic E-state index is 0.658. The van der Waals surface area contributed by atoms with Crippen molar-refractivity contribution in [3.8, 4) is 10.8 Å². The molecule has 120 valence electrons. The van der Waals surface area contributed by atoms with Crippen LogP contribution in [0.1, 0.15) is 11.3 Å². The van der Waals surface area contributed by atoms with Crippen LogP contribution in [-0.4, -0.2) is 25.2 Å². The maximum absolute atomic E-state index is 5.37. The summed E-state index contributed by atoms with van der Waals surface area (Å²) in [5.41, 5.74) is 2.16. The summed E-state index contributed by atoms with van der Waals surface area (Å²) < 4.78 is 7.18. The van der Waals surface area contributed by atoms with E-state index in [4.69, 9.17) is 4.42 Å². The summed E-state index contributed by atoms with van der Waals surface area (Å²) >= 11 is 3.15. The molecule has 24 heavy (non-hydrogen) atoms. The van der Waals surface area contributed by atoms with Crippen molar-refractivity contribution < 1.29 is 4.42 Å². The maximum atomic E-state index is 5.37. The zero-order chi connectivity index (χ0) is 16.2. The van der Waals surface area contributed by atoms with E-state index in [0.29, 0.717) is 12.3 Å². The Morgan fingerprint density at radius 3 is 2.88 bits per heavy atom. The van der Waals surface area contributed by atoms with Gasteiger partial charge in [0.15, 0.2) is 10.8 Å². The van der Waals surface area contributed by atoms with Gasteiger partial charge in [-0.25, -0.2) is 9.67 Å². The lowest BCUT2D eigenvalue weighted by Crippen LogP contribution is -2.03. The second-order valence-electron chi connectivity index (χ2n) is 5.01. The molecule has 4 rings (SSSR count). The normalized spacial score (nSPS) is 11.0. The Labute approximate surface area is 146 Å². The first-order valence-corrected chi connectivity index (χ1v) is 9.16. The number of furan rings is 1. The molecule has 0 amide bonds. The third-order valence-corrected chi connectivity index (χ3v) is 5.20. The molecule has 0 N–H and O–H groups in total. The first kappa shape index (κ1) is 15.1. The average molecular weight is 355 g/mol. The van der Waals surface area contributed by atoms with Crippen molar-refractivity contribution >= 4 is 23.1 Å². The summed E-state index contributed by atoms with van der Waals surface area (Å²) in [6.07, 6.45) is 1.66. The van der Waals surface area contributed by atoms with Crippen LogP contribution < -0.4 is 0 Å². The number of hydrogen-bond acceptors (Lipinski definition) is 7. The fraction of sp³-hybridized carbons (Fsp3) is 0.125. The van der Waals surface area contributed by atoms with Crippen molar-refractivity contribution in [2.75, 3.05) is 0 Å².